The third-order valence-electron chi connectivity index (χ3n) is 2.72. The normalized spacial score (nSPS) is 12.1. The Morgan fingerprint density at radius 1 is 1.12 bits per heavy atom. The fraction of sp³-hybridized carbons (Fsp3) is 0.214. The van der Waals surface area contributed by atoms with Gasteiger partial charge in [0.2, 0.25) is 0 Å². The van der Waals surface area contributed by atoms with Crippen LogP contribution in [0.5, 0.6) is 0 Å². The highest BCUT2D eigenvalue weighted by Gasteiger charge is 2.08. The second-order valence-electron chi connectivity index (χ2n) is 4.16. The molecule has 0 saturated carbocycles. The Kier molecular flexibility index (Phi) is 3.28. The number of aryl methyl sites for hydroxylation is 1. The summed E-state index contributed by atoms with van der Waals surface area (Å²) < 4.78 is 0. The minimum atomic E-state index is 0.144. The summed E-state index contributed by atoms with van der Waals surface area (Å²) in [5, 5.41) is 3.35. The molecule has 2 rings (SSSR count). The molecule has 3 heteroatoms. The molecule has 0 aliphatic heterocycles. The van der Waals surface area contributed by atoms with Gasteiger partial charge in [0, 0.05) is 11.4 Å². The van der Waals surface area contributed by atoms with E-state index >= 15 is 0 Å². The number of para-hydroxylation sites is 1. The Morgan fingerprint density at radius 3 is 2.59 bits per heavy atom. The van der Waals surface area contributed by atoms with E-state index in [-0.39, 0.29) is 6.04 Å². The summed E-state index contributed by atoms with van der Waals surface area (Å²) in [5.41, 5.74) is 8.85. The zero-order valence-corrected chi connectivity index (χ0v) is 10.1. The lowest BCUT2D eigenvalue weighted by Crippen LogP contribution is -2.10. The second-order valence-corrected chi connectivity index (χ2v) is 4.16. The predicted molar refractivity (Wildman–Crippen MR) is 71.9 cm³/mol. The van der Waals surface area contributed by atoms with Crippen molar-refractivity contribution in [2.45, 2.75) is 19.9 Å². The molecule has 0 saturated heterocycles. The summed E-state index contributed by atoms with van der Waals surface area (Å²) in [7, 11) is 0. The summed E-state index contributed by atoms with van der Waals surface area (Å²) in [6.45, 7) is 4.06. The number of aromatic nitrogens is 1. The number of anilines is 2. The molecule has 1 aromatic heterocycles. The van der Waals surface area contributed by atoms with E-state index in [0.29, 0.717) is 0 Å². The molecule has 3 nitrogen and oxygen atoms in total. The van der Waals surface area contributed by atoms with Crippen LogP contribution in [-0.2, 0) is 0 Å². The number of hydrogen-bond acceptors (Lipinski definition) is 3. The third kappa shape index (κ3) is 2.75. The van der Waals surface area contributed by atoms with Crippen LogP contribution in [0.15, 0.2) is 42.5 Å². The van der Waals surface area contributed by atoms with Crippen LogP contribution in [-0.4, -0.2) is 4.98 Å². The van der Waals surface area contributed by atoms with Crippen LogP contribution in [0.1, 0.15) is 24.2 Å². The van der Waals surface area contributed by atoms with Gasteiger partial charge in [-0.15, -0.1) is 0 Å². The zero-order valence-electron chi connectivity index (χ0n) is 10.1. The Morgan fingerprint density at radius 2 is 1.88 bits per heavy atom. The van der Waals surface area contributed by atoms with Gasteiger partial charge in [0.15, 0.2) is 0 Å². The Bertz CT molecular complexity index is 508. The van der Waals surface area contributed by atoms with Crippen LogP contribution in [0.2, 0.25) is 0 Å². The van der Waals surface area contributed by atoms with Gasteiger partial charge in [-0.1, -0.05) is 24.3 Å². The molecule has 1 aromatic carbocycles. The monoisotopic (exact) mass is 227 g/mol. The molecule has 1 atom stereocenters. The molecular formula is C14H17N3. The van der Waals surface area contributed by atoms with E-state index in [4.69, 9.17) is 5.73 Å². The van der Waals surface area contributed by atoms with E-state index in [0.717, 1.165) is 22.8 Å². The lowest BCUT2D eigenvalue weighted by Gasteiger charge is -2.16. The summed E-state index contributed by atoms with van der Waals surface area (Å²) in [4.78, 5) is 4.42. The van der Waals surface area contributed by atoms with Crippen LogP contribution in [0.3, 0.4) is 0 Å². The van der Waals surface area contributed by atoms with Crippen LogP contribution < -0.4 is 11.1 Å². The number of hydrogen-bond donors (Lipinski definition) is 2. The van der Waals surface area contributed by atoms with Gasteiger partial charge in [-0.25, -0.2) is 4.98 Å². The van der Waals surface area contributed by atoms with Gasteiger partial charge >= 0.3 is 0 Å². The van der Waals surface area contributed by atoms with Crippen LogP contribution in [0.4, 0.5) is 11.5 Å². The lowest BCUT2D eigenvalue weighted by molar-refractivity contribution is 0.875. The van der Waals surface area contributed by atoms with Crippen LogP contribution in [0.25, 0.3) is 0 Å². The van der Waals surface area contributed by atoms with E-state index in [9.17, 15) is 0 Å². The average Bonchev–Trinajstić information content (AvgIpc) is 2.29. The Hall–Kier alpha value is -2.03. The minimum Gasteiger partial charge on any atom is -0.398 e. The Labute approximate surface area is 102 Å². The maximum absolute atomic E-state index is 5.94. The largest absolute Gasteiger partial charge is 0.398 e. The second kappa shape index (κ2) is 4.87. The minimum absolute atomic E-state index is 0.144. The highest BCUT2D eigenvalue weighted by molar-refractivity contribution is 5.51. The molecule has 1 unspecified atom stereocenters. The summed E-state index contributed by atoms with van der Waals surface area (Å²) in [6.07, 6.45) is 0. The van der Waals surface area contributed by atoms with Gasteiger partial charge < -0.3 is 11.1 Å². The highest BCUT2D eigenvalue weighted by Crippen LogP contribution is 2.22. The zero-order chi connectivity index (χ0) is 12.3. The van der Waals surface area contributed by atoms with Crippen molar-refractivity contribution in [2.24, 2.45) is 0 Å². The molecule has 0 aliphatic rings. The number of nitrogen functional groups attached to an aromatic ring is 1. The fourth-order valence-electron chi connectivity index (χ4n) is 1.83. The van der Waals surface area contributed by atoms with Crippen molar-refractivity contribution in [1.82, 2.24) is 4.98 Å². The summed E-state index contributed by atoms with van der Waals surface area (Å²) in [5.74, 6) is 0.876. The standard InChI is InChI=1S/C14H17N3/c1-10-6-5-9-14(16-10)17-11(2)12-7-3-4-8-13(12)15/h3-9,11H,15H2,1-2H3,(H,16,17). The lowest BCUT2D eigenvalue weighted by atomic mass is 10.1. The average molecular weight is 227 g/mol. The maximum Gasteiger partial charge on any atom is 0.126 e. The van der Waals surface area contributed by atoms with E-state index in [1.165, 1.54) is 0 Å². The molecule has 0 radical (unpaired) electrons. The molecule has 0 fully saturated rings. The predicted octanol–water partition coefficient (Wildman–Crippen LogP) is 3.15. The van der Waals surface area contributed by atoms with E-state index in [1.54, 1.807) is 0 Å². The first-order chi connectivity index (χ1) is 8.16. The van der Waals surface area contributed by atoms with Crippen molar-refractivity contribution < 1.29 is 0 Å². The fourth-order valence-corrected chi connectivity index (χ4v) is 1.83. The molecular weight excluding hydrogens is 210 g/mol. The molecule has 0 spiro atoms. The number of benzene rings is 1. The van der Waals surface area contributed by atoms with Crippen LogP contribution in [0, 0.1) is 6.92 Å². The van der Waals surface area contributed by atoms with Crippen molar-refractivity contribution in [2.75, 3.05) is 11.1 Å². The summed E-state index contributed by atoms with van der Waals surface area (Å²) >= 11 is 0. The van der Waals surface area contributed by atoms with E-state index < -0.39 is 0 Å². The van der Waals surface area contributed by atoms with Gasteiger partial charge in [-0.05, 0) is 37.6 Å². The first kappa shape index (κ1) is 11.5. The van der Waals surface area contributed by atoms with Crippen molar-refractivity contribution in [3.63, 3.8) is 0 Å². The number of nitrogens with one attached hydrogen (secondary N) is 1. The topological polar surface area (TPSA) is 50.9 Å². The molecule has 3 N–H and O–H groups in total. The first-order valence-corrected chi connectivity index (χ1v) is 5.71. The van der Waals surface area contributed by atoms with Crippen molar-refractivity contribution >= 4 is 11.5 Å². The number of nitrogens with zero attached hydrogens (tertiary/aromatic N) is 1. The van der Waals surface area contributed by atoms with Crippen molar-refractivity contribution in [3.8, 4) is 0 Å². The smallest absolute Gasteiger partial charge is 0.126 e. The molecule has 0 amide bonds. The Balaban J connectivity index is 2.17. The molecule has 17 heavy (non-hydrogen) atoms. The SMILES string of the molecule is Cc1cccc(NC(C)c2ccccc2N)n1. The van der Waals surface area contributed by atoms with E-state index in [1.807, 2.05) is 49.4 Å². The molecule has 0 aliphatic carbocycles. The van der Waals surface area contributed by atoms with Crippen LogP contribution >= 0.6 is 0 Å². The first-order valence-electron chi connectivity index (χ1n) is 5.71. The van der Waals surface area contributed by atoms with Crippen molar-refractivity contribution in [3.05, 3.63) is 53.7 Å². The highest BCUT2D eigenvalue weighted by atomic mass is 15.0. The van der Waals surface area contributed by atoms with Gasteiger partial charge in [0.05, 0.1) is 6.04 Å². The quantitative estimate of drug-likeness (QED) is 0.792. The third-order valence-corrected chi connectivity index (χ3v) is 2.72. The molecule has 1 heterocycles. The molecule has 2 aromatic rings. The number of nitrogens with two attached hydrogens (primary N) is 1. The van der Waals surface area contributed by atoms with Gasteiger partial charge in [0.25, 0.3) is 0 Å². The van der Waals surface area contributed by atoms with Gasteiger partial charge in [-0.2, -0.15) is 0 Å². The van der Waals surface area contributed by atoms with E-state index in [2.05, 4.69) is 17.2 Å². The maximum atomic E-state index is 5.94. The molecule has 88 valence electrons. The number of pyridine rings is 1. The summed E-state index contributed by atoms with van der Waals surface area (Å²) in [6, 6.07) is 14.0. The van der Waals surface area contributed by atoms with Gasteiger partial charge in [-0.3, -0.25) is 0 Å². The van der Waals surface area contributed by atoms with Gasteiger partial charge in [0.1, 0.15) is 5.82 Å². The molecule has 0 bridgehead atoms. The number of rotatable bonds is 3. The van der Waals surface area contributed by atoms with Crippen molar-refractivity contribution in [1.29, 1.82) is 0 Å².